The number of sulfonamides is 1. The molecular formula is C20H23NO6S. The first-order chi connectivity index (χ1) is 13.3. The topological polar surface area (TPSA) is 102 Å². The summed E-state index contributed by atoms with van der Waals surface area (Å²) in [5, 5.41) is 8.75. The van der Waals surface area contributed by atoms with Gasteiger partial charge in [-0.2, -0.15) is 0 Å². The van der Waals surface area contributed by atoms with Gasteiger partial charge in [0.1, 0.15) is 17.6 Å². The number of aryl methyl sites for hydroxylation is 1. The van der Waals surface area contributed by atoms with Crippen LogP contribution in [0.4, 0.5) is 5.69 Å². The largest absolute Gasteiger partial charge is 0.492 e. The molecule has 1 heterocycles. The average Bonchev–Trinajstić information content (AvgIpc) is 2.99. The molecule has 3 rings (SSSR count). The van der Waals surface area contributed by atoms with Crippen LogP contribution >= 0.6 is 0 Å². The number of fused-ring (bicyclic) bond motifs is 1. The van der Waals surface area contributed by atoms with Crippen LogP contribution in [0, 0.1) is 0 Å². The van der Waals surface area contributed by atoms with Crippen molar-refractivity contribution in [3.63, 3.8) is 0 Å². The summed E-state index contributed by atoms with van der Waals surface area (Å²) in [5.41, 5.74) is 2.07. The highest BCUT2D eigenvalue weighted by Crippen LogP contribution is 2.38. The van der Waals surface area contributed by atoms with E-state index in [9.17, 15) is 13.2 Å². The number of carboxylic acids is 1. The molecule has 2 N–H and O–H groups in total. The van der Waals surface area contributed by atoms with E-state index in [2.05, 4.69) is 4.72 Å². The summed E-state index contributed by atoms with van der Waals surface area (Å²) >= 11 is 0. The fraction of sp³-hybridized carbons (Fsp3) is 0.350. The van der Waals surface area contributed by atoms with Crippen molar-refractivity contribution in [2.75, 3.05) is 11.3 Å². The molecule has 7 nitrogen and oxygen atoms in total. The maximum Gasteiger partial charge on any atom is 0.303 e. The summed E-state index contributed by atoms with van der Waals surface area (Å²) in [5.74, 6) is 0.216. The molecule has 1 aliphatic rings. The average molecular weight is 405 g/mol. The van der Waals surface area contributed by atoms with Crippen LogP contribution in [-0.2, 0) is 27.7 Å². The second-order valence-corrected chi connectivity index (χ2v) is 8.35. The van der Waals surface area contributed by atoms with Gasteiger partial charge in [0.15, 0.2) is 0 Å². The third kappa shape index (κ3) is 4.56. The van der Waals surface area contributed by atoms with Gasteiger partial charge < -0.3 is 14.6 Å². The number of carbonyl (C=O) groups is 1. The van der Waals surface area contributed by atoms with E-state index in [1.807, 2.05) is 19.9 Å². The SMILES string of the molecule is CCOc1cc2c(cc1NS(=O)(=O)c1ccc(CCC(=O)O)cc1)O[C@@H](C)C2. The Labute approximate surface area is 164 Å². The number of aliphatic carboxylic acids is 1. The number of hydrogen-bond acceptors (Lipinski definition) is 5. The lowest BCUT2D eigenvalue weighted by molar-refractivity contribution is -0.136. The van der Waals surface area contributed by atoms with Gasteiger partial charge >= 0.3 is 5.97 Å². The quantitative estimate of drug-likeness (QED) is 0.699. The minimum Gasteiger partial charge on any atom is -0.492 e. The zero-order valence-corrected chi connectivity index (χ0v) is 16.6. The molecule has 0 amide bonds. The van der Waals surface area contributed by atoms with Crippen molar-refractivity contribution in [2.24, 2.45) is 0 Å². The lowest BCUT2D eigenvalue weighted by atomic mass is 10.1. The summed E-state index contributed by atoms with van der Waals surface area (Å²) in [6.45, 7) is 4.19. The molecule has 2 aromatic carbocycles. The van der Waals surface area contributed by atoms with E-state index in [0.717, 1.165) is 17.5 Å². The van der Waals surface area contributed by atoms with E-state index < -0.39 is 16.0 Å². The van der Waals surface area contributed by atoms with Crippen molar-refractivity contribution in [3.05, 3.63) is 47.5 Å². The Bertz CT molecular complexity index is 969. The summed E-state index contributed by atoms with van der Waals surface area (Å²) in [7, 11) is -3.84. The van der Waals surface area contributed by atoms with Crippen LogP contribution in [0.1, 0.15) is 31.4 Å². The fourth-order valence-electron chi connectivity index (χ4n) is 3.08. The molecule has 0 aromatic heterocycles. The predicted molar refractivity (Wildman–Crippen MR) is 105 cm³/mol. The van der Waals surface area contributed by atoms with E-state index >= 15 is 0 Å². The highest BCUT2D eigenvalue weighted by Gasteiger charge is 2.24. The first kappa shape index (κ1) is 20.0. The molecule has 1 atom stereocenters. The fourth-order valence-corrected chi connectivity index (χ4v) is 4.15. The molecule has 8 heteroatoms. The van der Waals surface area contributed by atoms with Gasteiger partial charge in [-0.3, -0.25) is 9.52 Å². The molecule has 2 aromatic rings. The Balaban J connectivity index is 1.84. The number of carboxylic acid groups (broad SMARTS) is 1. The van der Waals surface area contributed by atoms with Crippen molar-refractivity contribution in [1.29, 1.82) is 0 Å². The molecule has 0 saturated heterocycles. The molecular weight excluding hydrogens is 382 g/mol. The monoisotopic (exact) mass is 405 g/mol. The molecule has 0 spiro atoms. The normalized spacial score (nSPS) is 15.6. The Morgan fingerprint density at radius 3 is 2.64 bits per heavy atom. The lowest BCUT2D eigenvalue weighted by Gasteiger charge is -2.15. The second kappa shape index (κ2) is 8.10. The van der Waals surface area contributed by atoms with E-state index in [4.69, 9.17) is 14.6 Å². The minimum absolute atomic E-state index is 0.00435. The van der Waals surface area contributed by atoms with Gasteiger partial charge in [-0.25, -0.2) is 8.42 Å². The standard InChI is InChI=1S/C20H23NO6S/c1-3-26-19-11-15-10-13(2)27-18(15)12-17(19)21-28(24,25)16-7-4-14(5-8-16)6-9-20(22)23/h4-5,7-8,11-13,21H,3,6,9-10H2,1-2H3,(H,22,23)/t13-/m0/s1. The number of rotatable bonds is 8. The number of anilines is 1. The summed E-state index contributed by atoms with van der Waals surface area (Å²) in [6.07, 6.45) is 1.13. The van der Waals surface area contributed by atoms with Gasteiger partial charge in [-0.1, -0.05) is 12.1 Å². The van der Waals surface area contributed by atoms with Crippen LogP contribution in [0.25, 0.3) is 0 Å². The summed E-state index contributed by atoms with van der Waals surface area (Å²) < 4.78 is 39.5. The first-order valence-electron chi connectivity index (χ1n) is 9.08. The van der Waals surface area contributed by atoms with Gasteiger partial charge in [-0.15, -0.1) is 0 Å². The number of benzene rings is 2. The third-order valence-corrected chi connectivity index (χ3v) is 5.78. The molecule has 0 unspecified atom stereocenters. The Hall–Kier alpha value is -2.74. The molecule has 0 bridgehead atoms. The first-order valence-corrected chi connectivity index (χ1v) is 10.6. The number of nitrogens with one attached hydrogen (secondary N) is 1. The van der Waals surface area contributed by atoms with Gasteiger partial charge in [0.25, 0.3) is 10.0 Å². The molecule has 1 aliphatic heterocycles. The van der Waals surface area contributed by atoms with Gasteiger partial charge in [0, 0.05) is 24.5 Å². The van der Waals surface area contributed by atoms with Crippen molar-refractivity contribution < 1.29 is 27.8 Å². The molecule has 0 radical (unpaired) electrons. The second-order valence-electron chi connectivity index (χ2n) is 6.66. The van der Waals surface area contributed by atoms with Crippen molar-refractivity contribution >= 4 is 21.7 Å². The predicted octanol–water partition coefficient (Wildman–Crippen LogP) is 3.23. The van der Waals surface area contributed by atoms with Crippen molar-refractivity contribution in [1.82, 2.24) is 0 Å². The highest BCUT2D eigenvalue weighted by atomic mass is 32.2. The van der Waals surface area contributed by atoms with Crippen LogP contribution in [0.3, 0.4) is 0 Å². The van der Waals surface area contributed by atoms with Gasteiger partial charge in [0.05, 0.1) is 17.2 Å². The minimum atomic E-state index is -3.84. The molecule has 0 fully saturated rings. The maximum atomic E-state index is 12.8. The number of hydrogen-bond donors (Lipinski definition) is 2. The Morgan fingerprint density at radius 1 is 1.29 bits per heavy atom. The van der Waals surface area contributed by atoms with Crippen LogP contribution in [0.2, 0.25) is 0 Å². The Kier molecular flexibility index (Phi) is 5.79. The third-order valence-electron chi connectivity index (χ3n) is 4.40. The van der Waals surface area contributed by atoms with Crippen LogP contribution in [0.5, 0.6) is 11.5 Å². The van der Waals surface area contributed by atoms with E-state index in [1.54, 1.807) is 18.2 Å². The Morgan fingerprint density at radius 2 is 2.00 bits per heavy atom. The zero-order chi connectivity index (χ0) is 20.3. The molecule has 0 saturated carbocycles. The van der Waals surface area contributed by atoms with Crippen molar-refractivity contribution in [2.45, 2.75) is 44.1 Å². The lowest BCUT2D eigenvalue weighted by Crippen LogP contribution is -2.14. The maximum absolute atomic E-state index is 12.8. The smallest absolute Gasteiger partial charge is 0.303 e. The van der Waals surface area contributed by atoms with Gasteiger partial charge in [-0.05, 0) is 44.0 Å². The van der Waals surface area contributed by atoms with E-state index in [0.29, 0.717) is 30.2 Å². The number of ether oxygens (including phenoxy) is 2. The molecule has 0 aliphatic carbocycles. The molecule has 28 heavy (non-hydrogen) atoms. The van der Waals surface area contributed by atoms with Crippen LogP contribution < -0.4 is 14.2 Å². The summed E-state index contributed by atoms with van der Waals surface area (Å²) in [6, 6.07) is 9.64. The highest BCUT2D eigenvalue weighted by molar-refractivity contribution is 7.92. The summed E-state index contributed by atoms with van der Waals surface area (Å²) in [4.78, 5) is 10.7. The van der Waals surface area contributed by atoms with Crippen LogP contribution in [0.15, 0.2) is 41.3 Å². The molecule has 150 valence electrons. The van der Waals surface area contributed by atoms with Gasteiger partial charge in [0.2, 0.25) is 0 Å². The van der Waals surface area contributed by atoms with Crippen LogP contribution in [-0.4, -0.2) is 32.2 Å². The van der Waals surface area contributed by atoms with Crippen molar-refractivity contribution in [3.8, 4) is 11.5 Å². The zero-order valence-electron chi connectivity index (χ0n) is 15.8. The van der Waals surface area contributed by atoms with E-state index in [-0.39, 0.29) is 17.4 Å². The van der Waals surface area contributed by atoms with E-state index in [1.165, 1.54) is 12.1 Å².